The average Bonchev–Trinajstić information content (AvgIpc) is 2.67. The second kappa shape index (κ2) is 8.65. The summed E-state index contributed by atoms with van der Waals surface area (Å²) in [6.07, 6.45) is 0. The van der Waals surface area contributed by atoms with E-state index < -0.39 is 0 Å². The monoisotopic (exact) mass is 339 g/mol. The third kappa shape index (κ3) is 5.05. The molecule has 2 aromatic rings. The molecule has 0 aromatic heterocycles. The molecular weight excluding hydrogens is 314 g/mol. The third-order valence-corrected chi connectivity index (χ3v) is 4.55. The van der Waals surface area contributed by atoms with Crippen molar-refractivity contribution in [3.8, 4) is 0 Å². The minimum absolute atomic E-state index is 0.383. The maximum Gasteiger partial charge on any atom is 0.248 e. The first-order chi connectivity index (χ1) is 12.2. The average molecular weight is 339 g/mol. The summed E-state index contributed by atoms with van der Waals surface area (Å²) >= 11 is 0. The van der Waals surface area contributed by atoms with Gasteiger partial charge in [0.1, 0.15) is 0 Å². The Morgan fingerprint density at radius 3 is 2.28 bits per heavy atom. The number of piperazine rings is 1. The van der Waals surface area contributed by atoms with Gasteiger partial charge in [0, 0.05) is 44.0 Å². The van der Waals surface area contributed by atoms with E-state index in [1.165, 1.54) is 5.56 Å². The molecule has 0 bridgehead atoms. The first-order valence-electron chi connectivity index (χ1n) is 8.71. The lowest BCUT2D eigenvalue weighted by Gasteiger charge is -2.36. The number of rotatable bonds is 7. The Labute approximate surface area is 149 Å². The summed E-state index contributed by atoms with van der Waals surface area (Å²) < 4.78 is 5.77. The van der Waals surface area contributed by atoms with Crippen molar-refractivity contribution in [1.29, 1.82) is 0 Å². The van der Waals surface area contributed by atoms with Crippen LogP contribution >= 0.6 is 0 Å². The molecule has 1 saturated heterocycles. The molecule has 132 valence electrons. The Morgan fingerprint density at radius 2 is 1.64 bits per heavy atom. The van der Waals surface area contributed by atoms with E-state index in [0.29, 0.717) is 12.2 Å². The first kappa shape index (κ1) is 17.5. The molecular formula is C20H25N3O2. The number of carbonyl (C=O) groups excluding carboxylic acids is 1. The van der Waals surface area contributed by atoms with Crippen LogP contribution in [-0.2, 0) is 11.3 Å². The highest BCUT2D eigenvalue weighted by atomic mass is 16.5. The zero-order valence-electron chi connectivity index (χ0n) is 14.4. The van der Waals surface area contributed by atoms with Gasteiger partial charge in [0.25, 0.3) is 0 Å². The minimum atomic E-state index is -0.383. The molecule has 1 aliphatic rings. The Kier molecular flexibility index (Phi) is 6.04. The van der Waals surface area contributed by atoms with Crippen LogP contribution in [0.2, 0.25) is 0 Å². The molecule has 2 N–H and O–H groups in total. The molecule has 1 aliphatic heterocycles. The van der Waals surface area contributed by atoms with E-state index in [9.17, 15) is 4.79 Å². The number of anilines is 1. The van der Waals surface area contributed by atoms with Gasteiger partial charge in [0.2, 0.25) is 5.91 Å². The lowest BCUT2D eigenvalue weighted by molar-refractivity contribution is 0.0907. The van der Waals surface area contributed by atoms with Crippen LogP contribution < -0.4 is 10.6 Å². The van der Waals surface area contributed by atoms with E-state index in [0.717, 1.165) is 45.0 Å². The zero-order valence-corrected chi connectivity index (χ0v) is 14.4. The van der Waals surface area contributed by atoms with Crippen molar-refractivity contribution in [3.05, 3.63) is 65.7 Å². The summed E-state index contributed by atoms with van der Waals surface area (Å²) in [7, 11) is 0. The van der Waals surface area contributed by atoms with Gasteiger partial charge in [0.15, 0.2) is 0 Å². The molecule has 0 saturated carbocycles. The van der Waals surface area contributed by atoms with Crippen LogP contribution in [0.3, 0.4) is 0 Å². The predicted octanol–water partition coefficient (Wildman–Crippen LogP) is 2.12. The van der Waals surface area contributed by atoms with Crippen molar-refractivity contribution in [3.63, 3.8) is 0 Å². The van der Waals surface area contributed by atoms with Crippen molar-refractivity contribution in [2.24, 2.45) is 5.73 Å². The molecule has 1 amide bonds. The molecule has 25 heavy (non-hydrogen) atoms. The third-order valence-electron chi connectivity index (χ3n) is 4.55. The maximum absolute atomic E-state index is 11.1. The van der Waals surface area contributed by atoms with Crippen LogP contribution in [0.5, 0.6) is 0 Å². The summed E-state index contributed by atoms with van der Waals surface area (Å²) in [5, 5.41) is 0. The second-order valence-electron chi connectivity index (χ2n) is 6.28. The quantitative estimate of drug-likeness (QED) is 0.785. The smallest absolute Gasteiger partial charge is 0.248 e. The van der Waals surface area contributed by atoms with E-state index >= 15 is 0 Å². The Morgan fingerprint density at radius 1 is 0.960 bits per heavy atom. The second-order valence-corrected chi connectivity index (χ2v) is 6.28. The number of nitrogens with two attached hydrogens (primary N) is 1. The van der Waals surface area contributed by atoms with Crippen molar-refractivity contribution in [1.82, 2.24) is 4.90 Å². The van der Waals surface area contributed by atoms with Crippen molar-refractivity contribution in [2.75, 3.05) is 44.2 Å². The lowest BCUT2D eigenvalue weighted by Crippen LogP contribution is -2.47. The molecule has 2 aromatic carbocycles. The topological polar surface area (TPSA) is 58.8 Å². The first-order valence-corrected chi connectivity index (χ1v) is 8.71. The standard InChI is InChI=1S/C20H25N3O2/c21-20(24)18-6-8-19(9-7-18)23-12-10-22(11-13-23)14-15-25-16-17-4-2-1-3-5-17/h1-9H,10-16H2,(H2,21,24). The number of nitrogens with zero attached hydrogens (tertiary/aromatic N) is 2. The predicted molar refractivity (Wildman–Crippen MR) is 99.7 cm³/mol. The van der Waals surface area contributed by atoms with Crippen LogP contribution in [-0.4, -0.2) is 50.1 Å². The molecule has 0 spiro atoms. The van der Waals surface area contributed by atoms with E-state index in [1.807, 2.05) is 30.3 Å². The number of hydrogen-bond donors (Lipinski definition) is 1. The molecule has 3 rings (SSSR count). The highest BCUT2D eigenvalue weighted by Crippen LogP contribution is 2.17. The Balaban J connectivity index is 1.37. The molecule has 1 fully saturated rings. The number of hydrogen-bond acceptors (Lipinski definition) is 4. The highest BCUT2D eigenvalue weighted by Gasteiger charge is 2.17. The molecule has 5 heteroatoms. The molecule has 0 atom stereocenters. The largest absolute Gasteiger partial charge is 0.375 e. The minimum Gasteiger partial charge on any atom is -0.375 e. The normalized spacial score (nSPS) is 15.3. The summed E-state index contributed by atoms with van der Waals surface area (Å²) in [4.78, 5) is 15.9. The van der Waals surface area contributed by atoms with Crippen LogP contribution in [0.1, 0.15) is 15.9 Å². The SMILES string of the molecule is NC(=O)c1ccc(N2CCN(CCOCc3ccccc3)CC2)cc1. The van der Waals surface area contributed by atoms with Crippen LogP contribution in [0.4, 0.5) is 5.69 Å². The van der Waals surface area contributed by atoms with Crippen LogP contribution in [0, 0.1) is 0 Å². The van der Waals surface area contributed by atoms with Gasteiger partial charge in [-0.1, -0.05) is 30.3 Å². The van der Waals surface area contributed by atoms with Crippen molar-refractivity contribution >= 4 is 11.6 Å². The summed E-state index contributed by atoms with van der Waals surface area (Å²) in [5.74, 6) is -0.383. The van der Waals surface area contributed by atoms with Gasteiger partial charge in [-0.2, -0.15) is 0 Å². The molecule has 0 aliphatic carbocycles. The van der Waals surface area contributed by atoms with Gasteiger partial charge in [-0.15, -0.1) is 0 Å². The molecule has 0 radical (unpaired) electrons. The lowest BCUT2D eigenvalue weighted by atomic mass is 10.1. The van der Waals surface area contributed by atoms with Crippen molar-refractivity contribution in [2.45, 2.75) is 6.61 Å². The van der Waals surface area contributed by atoms with E-state index in [1.54, 1.807) is 12.1 Å². The Bertz CT molecular complexity index is 665. The van der Waals surface area contributed by atoms with E-state index in [2.05, 4.69) is 21.9 Å². The molecule has 0 unspecified atom stereocenters. The maximum atomic E-state index is 11.1. The van der Waals surface area contributed by atoms with Crippen LogP contribution in [0.15, 0.2) is 54.6 Å². The number of ether oxygens (including phenoxy) is 1. The van der Waals surface area contributed by atoms with E-state index in [-0.39, 0.29) is 5.91 Å². The number of benzene rings is 2. The fraction of sp³-hybridized carbons (Fsp3) is 0.350. The fourth-order valence-corrected chi connectivity index (χ4v) is 3.02. The van der Waals surface area contributed by atoms with Crippen LogP contribution in [0.25, 0.3) is 0 Å². The number of primary amides is 1. The summed E-state index contributed by atoms with van der Waals surface area (Å²) in [6, 6.07) is 17.8. The van der Waals surface area contributed by atoms with Gasteiger partial charge in [-0.25, -0.2) is 0 Å². The van der Waals surface area contributed by atoms with Gasteiger partial charge < -0.3 is 15.4 Å². The van der Waals surface area contributed by atoms with Gasteiger partial charge in [-0.05, 0) is 29.8 Å². The number of amides is 1. The zero-order chi connectivity index (χ0) is 17.5. The molecule has 5 nitrogen and oxygen atoms in total. The van der Waals surface area contributed by atoms with Gasteiger partial charge in [0.05, 0.1) is 13.2 Å². The Hall–Kier alpha value is -2.37. The number of carbonyl (C=O) groups is 1. The summed E-state index contributed by atoms with van der Waals surface area (Å²) in [5.41, 5.74) is 8.20. The summed E-state index contributed by atoms with van der Waals surface area (Å²) in [6.45, 7) is 6.39. The van der Waals surface area contributed by atoms with Gasteiger partial charge >= 0.3 is 0 Å². The van der Waals surface area contributed by atoms with Crippen molar-refractivity contribution < 1.29 is 9.53 Å². The molecule has 1 heterocycles. The fourth-order valence-electron chi connectivity index (χ4n) is 3.02. The highest BCUT2D eigenvalue weighted by molar-refractivity contribution is 5.93. The van der Waals surface area contributed by atoms with E-state index in [4.69, 9.17) is 10.5 Å². The van der Waals surface area contributed by atoms with Gasteiger partial charge in [-0.3, -0.25) is 9.69 Å².